The molecule has 4 heteroatoms. The average molecular weight is 226 g/mol. The van der Waals surface area contributed by atoms with Crippen LogP contribution in [0.2, 0.25) is 0 Å². The van der Waals surface area contributed by atoms with Gasteiger partial charge in [-0.1, -0.05) is 12.8 Å². The van der Waals surface area contributed by atoms with E-state index in [-0.39, 0.29) is 5.91 Å². The predicted octanol–water partition coefficient (Wildman–Crippen LogP) is 0.671. The predicted molar refractivity (Wildman–Crippen MR) is 62.2 cm³/mol. The number of hydrogen-bond donors (Lipinski definition) is 2. The van der Waals surface area contributed by atoms with Crippen LogP contribution in [0.1, 0.15) is 32.1 Å². The highest BCUT2D eigenvalue weighted by molar-refractivity contribution is 5.85. The van der Waals surface area contributed by atoms with Gasteiger partial charge >= 0.3 is 0 Å². The summed E-state index contributed by atoms with van der Waals surface area (Å²) >= 11 is 0. The van der Waals surface area contributed by atoms with E-state index in [1.165, 1.54) is 12.8 Å². The third kappa shape index (κ3) is 2.74. The Morgan fingerprint density at radius 1 is 1.44 bits per heavy atom. The van der Waals surface area contributed by atoms with Crippen molar-refractivity contribution < 1.29 is 9.53 Å². The van der Waals surface area contributed by atoms with Crippen molar-refractivity contribution in [1.29, 1.82) is 0 Å². The molecule has 0 unspecified atom stereocenters. The van der Waals surface area contributed by atoms with Crippen molar-refractivity contribution in [3.8, 4) is 0 Å². The van der Waals surface area contributed by atoms with Crippen molar-refractivity contribution in [2.24, 2.45) is 5.92 Å². The molecule has 0 radical (unpaired) electrons. The monoisotopic (exact) mass is 226 g/mol. The van der Waals surface area contributed by atoms with E-state index in [1.54, 1.807) is 7.11 Å². The second-order valence-electron chi connectivity index (χ2n) is 4.94. The van der Waals surface area contributed by atoms with Crippen molar-refractivity contribution >= 4 is 5.91 Å². The first-order valence-corrected chi connectivity index (χ1v) is 6.31. The summed E-state index contributed by atoms with van der Waals surface area (Å²) in [5.74, 6) is 0.948. The van der Waals surface area contributed by atoms with E-state index in [4.69, 9.17) is 4.74 Å². The van der Waals surface area contributed by atoms with Crippen molar-refractivity contribution in [2.45, 2.75) is 37.7 Å². The molecule has 1 amide bonds. The minimum atomic E-state index is -0.575. The molecule has 2 rings (SSSR count). The molecule has 1 heterocycles. The van der Waals surface area contributed by atoms with E-state index >= 15 is 0 Å². The third-order valence-corrected chi connectivity index (χ3v) is 3.75. The number of amides is 1. The highest BCUT2D eigenvalue weighted by Crippen LogP contribution is 2.31. The van der Waals surface area contributed by atoms with Gasteiger partial charge in [-0.2, -0.15) is 0 Å². The maximum Gasteiger partial charge on any atom is 0.252 e. The Morgan fingerprint density at radius 3 is 2.69 bits per heavy atom. The molecular formula is C12H22N2O2. The zero-order valence-corrected chi connectivity index (χ0v) is 10.1. The minimum absolute atomic E-state index is 0.0807. The molecule has 0 bridgehead atoms. The van der Waals surface area contributed by atoms with Crippen LogP contribution in [0.25, 0.3) is 0 Å². The summed E-state index contributed by atoms with van der Waals surface area (Å²) in [5.41, 5.74) is -0.575. The number of rotatable bonds is 5. The molecule has 0 atom stereocenters. The van der Waals surface area contributed by atoms with Gasteiger partial charge in [-0.3, -0.25) is 4.79 Å². The lowest BCUT2D eigenvalue weighted by Gasteiger charge is -2.34. The smallest absolute Gasteiger partial charge is 0.252 e. The summed E-state index contributed by atoms with van der Waals surface area (Å²) < 4.78 is 5.46. The number of piperidine rings is 1. The van der Waals surface area contributed by atoms with E-state index in [1.807, 2.05) is 0 Å². The van der Waals surface area contributed by atoms with Gasteiger partial charge in [0.1, 0.15) is 5.60 Å². The second kappa shape index (κ2) is 5.15. The summed E-state index contributed by atoms with van der Waals surface area (Å²) in [5, 5.41) is 6.28. The third-order valence-electron chi connectivity index (χ3n) is 3.75. The van der Waals surface area contributed by atoms with Gasteiger partial charge in [0.15, 0.2) is 0 Å². The summed E-state index contributed by atoms with van der Waals surface area (Å²) in [7, 11) is 1.64. The van der Waals surface area contributed by atoms with Gasteiger partial charge in [0, 0.05) is 13.7 Å². The van der Waals surface area contributed by atoms with Crippen LogP contribution in [0.15, 0.2) is 0 Å². The maximum atomic E-state index is 12.1. The molecule has 1 aliphatic heterocycles. The molecule has 1 saturated heterocycles. The second-order valence-corrected chi connectivity index (χ2v) is 4.94. The standard InChI is InChI=1S/C12H22N2O2/c1-16-12(5-8-13-9-6-12)11(15)14-7-4-10-2-3-10/h10,13H,2-9H2,1H3,(H,14,15). The first kappa shape index (κ1) is 11.9. The maximum absolute atomic E-state index is 12.1. The fourth-order valence-electron chi connectivity index (χ4n) is 2.31. The van der Waals surface area contributed by atoms with Crippen LogP contribution in [0.4, 0.5) is 0 Å². The molecule has 0 aromatic heterocycles. The SMILES string of the molecule is COC1(C(=O)NCCC2CC2)CCNCC1. The van der Waals surface area contributed by atoms with Crippen LogP contribution >= 0.6 is 0 Å². The van der Waals surface area contributed by atoms with Gasteiger partial charge in [0.05, 0.1) is 0 Å². The molecular weight excluding hydrogens is 204 g/mol. The molecule has 4 nitrogen and oxygen atoms in total. The molecule has 92 valence electrons. The first-order chi connectivity index (χ1) is 7.77. The summed E-state index contributed by atoms with van der Waals surface area (Å²) in [4.78, 5) is 12.1. The van der Waals surface area contributed by atoms with Gasteiger partial charge in [-0.25, -0.2) is 0 Å². The summed E-state index contributed by atoms with van der Waals surface area (Å²) in [6.45, 7) is 2.54. The lowest BCUT2D eigenvalue weighted by Crippen LogP contribution is -2.54. The minimum Gasteiger partial charge on any atom is -0.368 e. The van der Waals surface area contributed by atoms with Crippen molar-refractivity contribution in [3.05, 3.63) is 0 Å². The van der Waals surface area contributed by atoms with Gasteiger partial charge in [-0.05, 0) is 38.3 Å². The Morgan fingerprint density at radius 2 is 2.12 bits per heavy atom. The number of ether oxygens (including phenoxy) is 1. The number of carbonyl (C=O) groups is 1. The average Bonchev–Trinajstić information content (AvgIpc) is 3.14. The number of carbonyl (C=O) groups excluding carboxylic acids is 1. The molecule has 1 saturated carbocycles. The van der Waals surface area contributed by atoms with Crippen LogP contribution in [-0.4, -0.2) is 38.3 Å². The lowest BCUT2D eigenvalue weighted by molar-refractivity contribution is -0.146. The largest absolute Gasteiger partial charge is 0.368 e. The van der Waals surface area contributed by atoms with Crippen LogP contribution in [0, 0.1) is 5.92 Å². The van der Waals surface area contributed by atoms with Gasteiger partial charge in [-0.15, -0.1) is 0 Å². The summed E-state index contributed by atoms with van der Waals surface area (Å²) in [6, 6.07) is 0. The summed E-state index contributed by atoms with van der Waals surface area (Å²) in [6.07, 6.45) is 5.37. The van der Waals surface area contributed by atoms with Crippen molar-refractivity contribution in [2.75, 3.05) is 26.7 Å². The van der Waals surface area contributed by atoms with Crippen LogP contribution in [-0.2, 0) is 9.53 Å². The van der Waals surface area contributed by atoms with E-state index in [2.05, 4.69) is 10.6 Å². The Hall–Kier alpha value is -0.610. The van der Waals surface area contributed by atoms with E-state index < -0.39 is 5.60 Å². The Bertz CT molecular complexity index is 245. The van der Waals surface area contributed by atoms with Gasteiger partial charge in [0.2, 0.25) is 0 Å². The van der Waals surface area contributed by atoms with Crippen molar-refractivity contribution in [1.82, 2.24) is 10.6 Å². The van der Waals surface area contributed by atoms with Crippen LogP contribution in [0.5, 0.6) is 0 Å². The quantitative estimate of drug-likeness (QED) is 0.724. The zero-order valence-electron chi connectivity index (χ0n) is 10.1. The fourth-order valence-corrected chi connectivity index (χ4v) is 2.31. The Balaban J connectivity index is 1.79. The topological polar surface area (TPSA) is 50.4 Å². The zero-order chi connectivity index (χ0) is 11.4. The Kier molecular flexibility index (Phi) is 3.82. The van der Waals surface area contributed by atoms with Gasteiger partial charge in [0.25, 0.3) is 5.91 Å². The highest BCUT2D eigenvalue weighted by atomic mass is 16.5. The van der Waals surface area contributed by atoms with E-state index in [9.17, 15) is 4.79 Å². The van der Waals surface area contributed by atoms with Crippen molar-refractivity contribution in [3.63, 3.8) is 0 Å². The number of methoxy groups -OCH3 is 1. The molecule has 0 aromatic rings. The van der Waals surface area contributed by atoms with Crippen LogP contribution < -0.4 is 10.6 Å². The van der Waals surface area contributed by atoms with Crippen LogP contribution in [0.3, 0.4) is 0 Å². The molecule has 0 aromatic carbocycles. The lowest BCUT2D eigenvalue weighted by atomic mass is 9.91. The molecule has 0 spiro atoms. The molecule has 1 aliphatic carbocycles. The molecule has 2 N–H and O–H groups in total. The molecule has 2 fully saturated rings. The van der Waals surface area contributed by atoms with E-state index in [0.717, 1.165) is 44.8 Å². The van der Waals surface area contributed by atoms with E-state index in [0.29, 0.717) is 0 Å². The number of hydrogen-bond acceptors (Lipinski definition) is 3. The highest BCUT2D eigenvalue weighted by Gasteiger charge is 2.39. The first-order valence-electron chi connectivity index (χ1n) is 6.31. The number of nitrogens with one attached hydrogen (secondary N) is 2. The molecule has 2 aliphatic rings. The molecule has 16 heavy (non-hydrogen) atoms. The fraction of sp³-hybridized carbons (Fsp3) is 0.917. The van der Waals surface area contributed by atoms with Gasteiger partial charge < -0.3 is 15.4 Å². The normalized spacial score (nSPS) is 24.1. The Labute approximate surface area is 97.1 Å².